The summed E-state index contributed by atoms with van der Waals surface area (Å²) in [7, 11) is 0. The minimum Gasteiger partial charge on any atom is -0.495 e. The summed E-state index contributed by atoms with van der Waals surface area (Å²) in [4.78, 5) is 6.10. The standard InChI is InChI=1S/C11H15N2.Li/c1-3-12-10-13(4-2)11-8-6-5-7-9-11;/h5-9H,3-4H2,1-2H3;/q-1;+1. The summed E-state index contributed by atoms with van der Waals surface area (Å²) in [5, 5.41) is 0. The van der Waals surface area contributed by atoms with Gasteiger partial charge in [0.05, 0.1) is 0 Å². The van der Waals surface area contributed by atoms with Crippen molar-refractivity contribution in [2.24, 2.45) is 4.99 Å². The molecule has 1 aromatic carbocycles. The normalized spacial score (nSPS) is 9.86. The largest absolute Gasteiger partial charge is 1.00 e. The number of rotatable bonds is 4. The van der Waals surface area contributed by atoms with Crippen LogP contribution in [-0.4, -0.2) is 19.4 Å². The molecule has 0 fully saturated rings. The van der Waals surface area contributed by atoms with Gasteiger partial charge in [-0.15, -0.1) is 17.8 Å². The first kappa shape index (κ1) is 13.3. The third kappa shape index (κ3) is 4.00. The fourth-order valence-corrected chi connectivity index (χ4v) is 1.08. The summed E-state index contributed by atoms with van der Waals surface area (Å²) in [5.74, 6) is 0. The first-order chi connectivity index (χ1) is 6.38. The van der Waals surface area contributed by atoms with Gasteiger partial charge >= 0.3 is 18.9 Å². The van der Waals surface area contributed by atoms with Gasteiger partial charge < -0.3 is 9.89 Å². The first-order valence-corrected chi connectivity index (χ1v) is 4.63. The number of hydrogen-bond acceptors (Lipinski definition) is 1. The van der Waals surface area contributed by atoms with E-state index in [1.54, 1.807) is 0 Å². The van der Waals surface area contributed by atoms with Crippen molar-refractivity contribution in [1.29, 1.82) is 0 Å². The Bertz CT molecular complexity index is 259. The summed E-state index contributed by atoms with van der Waals surface area (Å²) >= 11 is 0. The van der Waals surface area contributed by atoms with Crippen molar-refractivity contribution in [2.75, 3.05) is 18.0 Å². The van der Waals surface area contributed by atoms with E-state index in [9.17, 15) is 0 Å². The van der Waals surface area contributed by atoms with E-state index in [1.165, 1.54) is 0 Å². The van der Waals surface area contributed by atoms with Crippen LogP contribution in [0.15, 0.2) is 35.3 Å². The van der Waals surface area contributed by atoms with E-state index in [1.807, 2.05) is 30.0 Å². The third-order valence-corrected chi connectivity index (χ3v) is 1.73. The van der Waals surface area contributed by atoms with Crippen LogP contribution in [0.3, 0.4) is 0 Å². The van der Waals surface area contributed by atoms with Crippen molar-refractivity contribution in [2.45, 2.75) is 13.8 Å². The molecule has 14 heavy (non-hydrogen) atoms. The Balaban J connectivity index is 0.00000169. The monoisotopic (exact) mass is 182 g/mol. The second-order valence-electron chi connectivity index (χ2n) is 2.65. The van der Waals surface area contributed by atoms with Crippen molar-refractivity contribution in [3.8, 4) is 0 Å². The molecular weight excluding hydrogens is 167 g/mol. The molecule has 1 aromatic rings. The molecule has 0 aliphatic rings. The Labute approximate surface area is 98.2 Å². The summed E-state index contributed by atoms with van der Waals surface area (Å²) in [6, 6.07) is 10.2. The molecule has 2 nitrogen and oxygen atoms in total. The molecule has 0 heterocycles. The summed E-state index contributed by atoms with van der Waals surface area (Å²) in [6.45, 7) is 5.77. The molecule has 3 heteroatoms. The summed E-state index contributed by atoms with van der Waals surface area (Å²) < 4.78 is 0. The minimum absolute atomic E-state index is 0. The topological polar surface area (TPSA) is 15.6 Å². The molecule has 0 saturated heterocycles. The van der Waals surface area contributed by atoms with Gasteiger partial charge in [-0.3, -0.25) is 0 Å². The zero-order valence-electron chi connectivity index (χ0n) is 9.20. The molecule has 0 unspecified atom stereocenters. The zero-order chi connectivity index (χ0) is 9.52. The molecule has 0 bridgehead atoms. The van der Waals surface area contributed by atoms with Gasteiger partial charge in [-0.2, -0.15) is 0 Å². The molecule has 0 aliphatic carbocycles. The minimum atomic E-state index is 0. The Morgan fingerprint density at radius 1 is 1.21 bits per heavy atom. The number of para-hydroxylation sites is 1. The van der Waals surface area contributed by atoms with Crippen LogP contribution in [0.1, 0.15) is 13.8 Å². The average molecular weight is 182 g/mol. The zero-order valence-corrected chi connectivity index (χ0v) is 9.20. The van der Waals surface area contributed by atoms with Gasteiger partial charge in [-0.05, 0) is 20.4 Å². The molecule has 0 aromatic heterocycles. The van der Waals surface area contributed by atoms with Crippen LogP contribution in [0.25, 0.3) is 0 Å². The van der Waals surface area contributed by atoms with E-state index in [0.717, 1.165) is 18.8 Å². The fraction of sp³-hybridized carbons (Fsp3) is 0.364. The van der Waals surface area contributed by atoms with E-state index < -0.39 is 0 Å². The smallest absolute Gasteiger partial charge is 0.495 e. The van der Waals surface area contributed by atoms with Gasteiger partial charge in [-0.1, -0.05) is 24.5 Å². The number of anilines is 1. The van der Waals surface area contributed by atoms with Crippen molar-refractivity contribution in [3.63, 3.8) is 0 Å². The second-order valence-corrected chi connectivity index (χ2v) is 2.65. The van der Waals surface area contributed by atoms with Gasteiger partial charge in [0.25, 0.3) is 0 Å². The van der Waals surface area contributed by atoms with Crippen LogP contribution in [0, 0.1) is 0 Å². The van der Waals surface area contributed by atoms with E-state index in [2.05, 4.69) is 30.4 Å². The van der Waals surface area contributed by atoms with Gasteiger partial charge in [0.1, 0.15) is 0 Å². The van der Waals surface area contributed by atoms with Crippen molar-refractivity contribution < 1.29 is 18.9 Å². The summed E-state index contributed by atoms with van der Waals surface area (Å²) in [5.41, 5.74) is 1.14. The molecule has 70 valence electrons. The molecule has 0 amide bonds. The van der Waals surface area contributed by atoms with Gasteiger partial charge in [0.2, 0.25) is 0 Å². The van der Waals surface area contributed by atoms with Crippen LogP contribution >= 0.6 is 0 Å². The predicted octanol–water partition coefficient (Wildman–Crippen LogP) is -0.558. The van der Waals surface area contributed by atoms with Crippen LogP contribution < -0.4 is 23.8 Å². The Morgan fingerprint density at radius 2 is 1.86 bits per heavy atom. The molecule has 1 rings (SSSR count). The van der Waals surface area contributed by atoms with E-state index >= 15 is 0 Å². The van der Waals surface area contributed by atoms with Gasteiger partial charge in [0.15, 0.2) is 0 Å². The van der Waals surface area contributed by atoms with Crippen molar-refractivity contribution >= 4 is 12.0 Å². The van der Waals surface area contributed by atoms with Crippen LogP contribution in [-0.2, 0) is 0 Å². The van der Waals surface area contributed by atoms with Crippen LogP contribution in [0.2, 0.25) is 0 Å². The Hall–Kier alpha value is -0.713. The molecule has 0 N–H and O–H groups in total. The fourth-order valence-electron chi connectivity index (χ4n) is 1.08. The predicted molar refractivity (Wildman–Crippen MR) is 57.4 cm³/mol. The maximum absolute atomic E-state index is 4.10. The molecule has 0 saturated carbocycles. The van der Waals surface area contributed by atoms with Crippen molar-refractivity contribution in [1.82, 2.24) is 0 Å². The van der Waals surface area contributed by atoms with Crippen molar-refractivity contribution in [3.05, 3.63) is 30.3 Å². The SMILES string of the molecule is CCN=[C-]N(CC)c1ccccc1.[Li+]. The quantitative estimate of drug-likeness (QED) is 0.200. The Morgan fingerprint density at radius 3 is 2.36 bits per heavy atom. The second kappa shape index (κ2) is 7.67. The van der Waals surface area contributed by atoms with Gasteiger partial charge in [-0.25, -0.2) is 0 Å². The maximum atomic E-state index is 4.10. The van der Waals surface area contributed by atoms with Crippen LogP contribution in [0.5, 0.6) is 0 Å². The molecule has 0 spiro atoms. The number of benzene rings is 1. The number of aliphatic imine (C=N–C) groups is 1. The van der Waals surface area contributed by atoms with Crippen LogP contribution in [0.4, 0.5) is 5.69 Å². The van der Waals surface area contributed by atoms with E-state index in [4.69, 9.17) is 0 Å². The molecular formula is C11H15LiN2. The molecule has 0 atom stereocenters. The Kier molecular flexibility index (Phi) is 7.28. The molecule has 0 aliphatic heterocycles. The maximum Gasteiger partial charge on any atom is 1.00 e. The number of nitrogens with zero attached hydrogens (tertiary/aromatic N) is 2. The first-order valence-electron chi connectivity index (χ1n) is 4.63. The number of hydrogen-bond donors (Lipinski definition) is 0. The summed E-state index contributed by atoms with van der Waals surface area (Å²) in [6.07, 6.45) is 2.99. The van der Waals surface area contributed by atoms with Gasteiger partial charge in [0, 0.05) is 6.54 Å². The van der Waals surface area contributed by atoms with E-state index in [0.29, 0.717) is 0 Å². The van der Waals surface area contributed by atoms with E-state index in [-0.39, 0.29) is 18.9 Å². The molecule has 0 radical (unpaired) electrons. The third-order valence-electron chi connectivity index (χ3n) is 1.73. The average Bonchev–Trinajstić information content (AvgIpc) is 2.21.